The van der Waals surface area contributed by atoms with E-state index in [1.165, 1.54) is 102 Å². The number of hydrogen-bond acceptors (Lipinski definition) is 9. The molecule has 300 valence electrons. The van der Waals surface area contributed by atoms with Gasteiger partial charge in [0.2, 0.25) is 5.91 Å². The number of unbranched alkanes of at least 4 members (excludes halogenated alkanes) is 18. The lowest BCUT2D eigenvalue weighted by Gasteiger charge is -2.40. The van der Waals surface area contributed by atoms with E-state index >= 15 is 0 Å². The molecule has 1 fully saturated rings. The van der Waals surface area contributed by atoms with Crippen LogP contribution < -0.4 is 5.32 Å². The molecule has 10 heteroatoms. The maximum Gasteiger partial charge on any atom is 0.249 e. The van der Waals surface area contributed by atoms with Crippen molar-refractivity contribution in [2.24, 2.45) is 0 Å². The number of hydrogen-bond donors (Lipinski definition) is 7. The molecule has 0 unspecified atom stereocenters. The van der Waals surface area contributed by atoms with E-state index in [2.05, 4.69) is 32.2 Å². The maximum atomic E-state index is 13.0. The van der Waals surface area contributed by atoms with E-state index in [-0.39, 0.29) is 6.61 Å². The standard InChI is InChI=1S/C41H77NO9/c1-4-6-8-10-11-12-13-14-15-16-17-18-19-20-24-29-35(45)40(49)42-33(31-50-41-39(48)38(47)37(46)36(30-43)51-41)34(44)28-25-21-23-27-32(3)26-22-9-7-5-2/h25,27-28,33-39,41,43-48H,4-24,26,29-31H2,1-3H3,(H,42,49)/b28-25+,32-27+/t33-,34-,35+,36+,37+,38-,39+,41+/m0/s1. The lowest BCUT2D eigenvalue weighted by Crippen LogP contribution is -2.60. The third kappa shape index (κ3) is 22.4. The largest absolute Gasteiger partial charge is 0.394 e. The molecule has 0 saturated carbocycles. The summed E-state index contributed by atoms with van der Waals surface area (Å²) in [6, 6.07) is -0.993. The van der Waals surface area contributed by atoms with Gasteiger partial charge in [-0.2, -0.15) is 0 Å². The SMILES string of the molecule is CCCCCCCCCCCCCCCCC[C@@H](O)C(=O)N[C@@H](CO[C@@H]1O[C@H](CO)[C@@H](O)[C@H](O)[C@H]1O)[C@@H](O)/C=C/CC/C=C(\C)CCCCCC. The Hall–Kier alpha value is -1.37. The van der Waals surface area contributed by atoms with E-state index in [4.69, 9.17) is 9.47 Å². The number of carbonyl (C=O) groups excluding carboxylic acids is 1. The average Bonchev–Trinajstić information content (AvgIpc) is 3.12. The van der Waals surface area contributed by atoms with Gasteiger partial charge < -0.3 is 45.4 Å². The van der Waals surface area contributed by atoms with Gasteiger partial charge in [-0.05, 0) is 39.0 Å². The number of nitrogens with one attached hydrogen (secondary N) is 1. The van der Waals surface area contributed by atoms with Gasteiger partial charge in [0.05, 0.1) is 25.4 Å². The molecular formula is C41H77NO9. The fraction of sp³-hybridized carbons (Fsp3) is 0.878. The van der Waals surface area contributed by atoms with E-state index in [0.29, 0.717) is 19.3 Å². The Labute approximate surface area is 310 Å². The minimum absolute atomic E-state index is 0.306. The summed E-state index contributed by atoms with van der Waals surface area (Å²) < 4.78 is 11.1. The van der Waals surface area contributed by atoms with Gasteiger partial charge in [-0.15, -0.1) is 0 Å². The van der Waals surface area contributed by atoms with Crippen molar-refractivity contribution in [2.45, 2.75) is 217 Å². The Morgan fingerprint density at radius 2 is 1.27 bits per heavy atom. The first-order valence-electron chi connectivity index (χ1n) is 20.6. The Bertz CT molecular complexity index is 898. The van der Waals surface area contributed by atoms with Gasteiger partial charge in [-0.1, -0.05) is 153 Å². The van der Waals surface area contributed by atoms with Gasteiger partial charge in [-0.25, -0.2) is 0 Å². The predicted molar refractivity (Wildman–Crippen MR) is 204 cm³/mol. The third-order valence-corrected chi connectivity index (χ3v) is 10.00. The summed E-state index contributed by atoms with van der Waals surface area (Å²) in [5, 5.41) is 64.4. The van der Waals surface area contributed by atoms with E-state index in [1.807, 2.05) is 6.08 Å². The molecule has 0 radical (unpaired) electrons. The number of amides is 1. The summed E-state index contributed by atoms with van der Waals surface area (Å²) >= 11 is 0. The molecule has 0 aromatic carbocycles. The fourth-order valence-electron chi connectivity index (χ4n) is 6.48. The maximum absolute atomic E-state index is 13.0. The highest BCUT2D eigenvalue weighted by molar-refractivity contribution is 5.80. The van der Waals surface area contributed by atoms with Gasteiger partial charge in [0.25, 0.3) is 0 Å². The van der Waals surface area contributed by atoms with Crippen LogP contribution in [0.3, 0.4) is 0 Å². The zero-order chi connectivity index (χ0) is 37.7. The topological polar surface area (TPSA) is 169 Å². The lowest BCUT2D eigenvalue weighted by atomic mass is 9.99. The van der Waals surface area contributed by atoms with Gasteiger partial charge in [0.15, 0.2) is 6.29 Å². The summed E-state index contributed by atoms with van der Waals surface area (Å²) in [6.45, 7) is 5.67. The minimum atomic E-state index is -1.61. The van der Waals surface area contributed by atoms with Crippen LogP contribution in [-0.2, 0) is 14.3 Å². The number of ether oxygens (including phenoxy) is 2. The van der Waals surface area contributed by atoms with Gasteiger partial charge in [-0.3, -0.25) is 4.79 Å². The second kappa shape index (κ2) is 31.0. The van der Waals surface area contributed by atoms with Gasteiger partial charge in [0.1, 0.15) is 30.5 Å². The lowest BCUT2D eigenvalue weighted by molar-refractivity contribution is -0.302. The molecule has 0 spiro atoms. The van der Waals surface area contributed by atoms with Crippen molar-refractivity contribution >= 4 is 5.91 Å². The van der Waals surface area contributed by atoms with Crippen LogP contribution in [0.5, 0.6) is 0 Å². The minimum Gasteiger partial charge on any atom is -0.394 e. The van der Waals surface area contributed by atoms with Crippen LogP contribution in [-0.4, -0.2) is 98.7 Å². The highest BCUT2D eigenvalue weighted by atomic mass is 16.7. The van der Waals surface area contributed by atoms with E-state index in [1.54, 1.807) is 6.08 Å². The van der Waals surface area contributed by atoms with Gasteiger partial charge in [0, 0.05) is 0 Å². The van der Waals surface area contributed by atoms with Gasteiger partial charge >= 0.3 is 0 Å². The van der Waals surface area contributed by atoms with Crippen molar-refractivity contribution in [1.29, 1.82) is 0 Å². The molecule has 0 bridgehead atoms. The first-order chi connectivity index (χ1) is 24.7. The Morgan fingerprint density at radius 1 is 0.745 bits per heavy atom. The monoisotopic (exact) mass is 728 g/mol. The van der Waals surface area contributed by atoms with Crippen molar-refractivity contribution in [3.05, 3.63) is 23.8 Å². The molecule has 0 aromatic rings. The molecule has 1 amide bonds. The Balaban J connectivity index is 2.52. The number of allylic oxidation sites excluding steroid dienone is 3. The zero-order valence-corrected chi connectivity index (χ0v) is 32.4. The summed E-state index contributed by atoms with van der Waals surface area (Å²) in [6.07, 6.45) is 22.1. The van der Waals surface area contributed by atoms with Crippen LogP contribution in [0.2, 0.25) is 0 Å². The molecule has 7 N–H and O–H groups in total. The van der Waals surface area contributed by atoms with Crippen molar-refractivity contribution in [3.8, 4) is 0 Å². The van der Waals surface area contributed by atoms with Crippen LogP contribution in [0, 0.1) is 0 Å². The molecule has 10 nitrogen and oxygen atoms in total. The molecule has 0 aliphatic carbocycles. The number of carbonyl (C=O) groups is 1. The Morgan fingerprint density at radius 3 is 1.82 bits per heavy atom. The van der Waals surface area contributed by atoms with Crippen molar-refractivity contribution < 1.29 is 44.9 Å². The zero-order valence-electron chi connectivity index (χ0n) is 32.4. The number of aliphatic hydroxyl groups excluding tert-OH is 6. The van der Waals surface area contributed by atoms with Crippen molar-refractivity contribution in [2.75, 3.05) is 13.2 Å². The van der Waals surface area contributed by atoms with Crippen LogP contribution in [0.25, 0.3) is 0 Å². The first kappa shape index (κ1) is 47.7. The number of rotatable bonds is 32. The summed E-state index contributed by atoms with van der Waals surface area (Å²) in [7, 11) is 0. The van der Waals surface area contributed by atoms with Crippen LogP contribution in [0.1, 0.15) is 168 Å². The van der Waals surface area contributed by atoms with Crippen LogP contribution in [0.4, 0.5) is 0 Å². The molecule has 1 heterocycles. The quantitative estimate of drug-likeness (QED) is 0.0301. The van der Waals surface area contributed by atoms with Crippen LogP contribution >= 0.6 is 0 Å². The molecule has 1 saturated heterocycles. The smallest absolute Gasteiger partial charge is 0.249 e. The van der Waals surface area contributed by atoms with E-state index in [0.717, 1.165) is 32.1 Å². The average molecular weight is 728 g/mol. The second-order valence-electron chi connectivity index (χ2n) is 14.8. The first-order valence-corrected chi connectivity index (χ1v) is 20.6. The fourth-order valence-corrected chi connectivity index (χ4v) is 6.48. The molecule has 51 heavy (non-hydrogen) atoms. The molecule has 1 rings (SSSR count). The molecule has 1 aliphatic heterocycles. The second-order valence-corrected chi connectivity index (χ2v) is 14.8. The third-order valence-electron chi connectivity index (χ3n) is 10.00. The number of aliphatic hydroxyl groups is 6. The van der Waals surface area contributed by atoms with Crippen LogP contribution in [0.15, 0.2) is 23.8 Å². The molecule has 8 atom stereocenters. The summed E-state index contributed by atoms with van der Waals surface area (Å²) in [4.78, 5) is 13.0. The Kier molecular flexibility index (Phi) is 29.0. The highest BCUT2D eigenvalue weighted by Crippen LogP contribution is 2.22. The summed E-state index contributed by atoms with van der Waals surface area (Å²) in [5.74, 6) is -0.628. The van der Waals surface area contributed by atoms with E-state index in [9.17, 15) is 35.4 Å². The highest BCUT2D eigenvalue weighted by Gasteiger charge is 2.44. The normalized spacial score (nSPS) is 23.1. The van der Waals surface area contributed by atoms with E-state index < -0.39 is 61.5 Å². The van der Waals surface area contributed by atoms with Crippen molar-refractivity contribution in [3.63, 3.8) is 0 Å². The molecule has 1 aliphatic rings. The van der Waals surface area contributed by atoms with Crippen molar-refractivity contribution in [1.82, 2.24) is 5.32 Å². The molecular weight excluding hydrogens is 650 g/mol. The summed E-state index contributed by atoms with van der Waals surface area (Å²) in [5.41, 5.74) is 1.35. The predicted octanol–water partition coefficient (Wildman–Crippen LogP) is 6.52. The molecule has 0 aromatic heterocycles.